The molecule has 0 fully saturated rings. The van der Waals surface area contributed by atoms with Gasteiger partial charge in [0.15, 0.2) is 5.69 Å². The fraction of sp³-hybridized carbons (Fsp3) is 0.120. The number of esters is 1. The van der Waals surface area contributed by atoms with Crippen LogP contribution in [0.1, 0.15) is 32.1 Å². The van der Waals surface area contributed by atoms with Gasteiger partial charge in [0.25, 0.3) is 5.90 Å². The molecule has 0 saturated heterocycles. The van der Waals surface area contributed by atoms with Crippen LogP contribution in [0.25, 0.3) is 0 Å². The molecule has 0 aliphatic heterocycles. The van der Waals surface area contributed by atoms with Crippen LogP contribution in [-0.2, 0) is 4.74 Å². The smallest absolute Gasteiger partial charge is 0.366 e. The molecule has 166 valence electrons. The number of carbonyl (C=O) groups excluding carboxylic acids is 1. The van der Waals surface area contributed by atoms with Crippen LogP contribution in [0.2, 0.25) is 0 Å². The van der Waals surface area contributed by atoms with Gasteiger partial charge in [0, 0.05) is 22.6 Å². The lowest BCUT2D eigenvalue weighted by Crippen LogP contribution is -2.16. The number of aromatic nitrogens is 2. The van der Waals surface area contributed by atoms with E-state index in [1.807, 2.05) is 12.1 Å². The molecule has 8 heteroatoms. The maximum Gasteiger partial charge on any atom is 0.366 e. The van der Waals surface area contributed by atoms with Crippen LogP contribution in [0, 0.1) is 20.8 Å². The molecule has 1 aromatic heterocycles. The van der Waals surface area contributed by atoms with Gasteiger partial charge in [-0.25, -0.2) is 4.79 Å². The second-order valence-electron chi connectivity index (χ2n) is 7.53. The molecule has 0 saturated carbocycles. The summed E-state index contributed by atoms with van der Waals surface area (Å²) >= 11 is 1.10. The minimum Gasteiger partial charge on any atom is -0.408 e. The summed E-state index contributed by atoms with van der Waals surface area (Å²) in [7, 11) is 0. The normalized spacial score (nSPS) is 11.3. The van der Waals surface area contributed by atoms with Gasteiger partial charge < -0.3 is 14.8 Å². The Labute approximate surface area is 195 Å². The van der Waals surface area contributed by atoms with Gasteiger partial charge in [0.05, 0.1) is 4.88 Å². The van der Waals surface area contributed by atoms with E-state index in [1.165, 1.54) is 11.1 Å². The van der Waals surface area contributed by atoms with Crippen molar-refractivity contribution in [3.05, 3.63) is 100 Å². The van der Waals surface area contributed by atoms with Crippen molar-refractivity contribution in [3.8, 4) is 0 Å². The third-order valence-electron chi connectivity index (χ3n) is 5.08. The maximum atomic E-state index is 12.4. The van der Waals surface area contributed by atoms with Crippen molar-refractivity contribution in [2.75, 3.05) is 4.90 Å². The van der Waals surface area contributed by atoms with E-state index >= 15 is 0 Å². The van der Waals surface area contributed by atoms with E-state index in [2.05, 4.69) is 82.0 Å². The number of carbonyl (C=O) groups is 1. The number of nitrogens with zero attached hydrogens (tertiary/aromatic N) is 4. The topological polar surface area (TPSA) is 87.9 Å². The van der Waals surface area contributed by atoms with E-state index in [4.69, 9.17) is 4.74 Å². The standard InChI is InChI=1S/C25H22N4O3S/c1-16-4-10-20(11-5-16)29(21-12-6-17(2)7-13-21)22-14-8-19(9-15-22)24(27-31)32-25(30)23-18(3)33-28-26-23/h4-15,31H,1-3H3. The average Bonchev–Trinajstić information content (AvgIpc) is 3.26. The van der Waals surface area contributed by atoms with Crippen molar-refractivity contribution in [3.63, 3.8) is 0 Å². The lowest BCUT2D eigenvalue weighted by atomic mass is 10.1. The van der Waals surface area contributed by atoms with Crippen LogP contribution < -0.4 is 4.90 Å². The Morgan fingerprint density at radius 1 is 0.848 bits per heavy atom. The summed E-state index contributed by atoms with van der Waals surface area (Å²) in [6.45, 7) is 5.82. The number of oxime groups is 1. The molecule has 0 spiro atoms. The second kappa shape index (κ2) is 9.62. The van der Waals surface area contributed by atoms with Crippen LogP contribution in [0.15, 0.2) is 78.0 Å². The molecule has 0 aliphatic rings. The third-order valence-corrected chi connectivity index (χ3v) is 5.71. The Morgan fingerprint density at radius 2 is 1.33 bits per heavy atom. The number of benzene rings is 3. The van der Waals surface area contributed by atoms with Crippen molar-refractivity contribution in [1.82, 2.24) is 9.59 Å². The molecule has 0 bridgehead atoms. The Kier molecular flexibility index (Phi) is 6.46. The number of ether oxygens (including phenoxy) is 1. The van der Waals surface area contributed by atoms with E-state index < -0.39 is 5.97 Å². The van der Waals surface area contributed by atoms with Crippen LogP contribution in [0.5, 0.6) is 0 Å². The fourth-order valence-electron chi connectivity index (χ4n) is 3.28. The van der Waals surface area contributed by atoms with E-state index in [0.29, 0.717) is 10.4 Å². The zero-order chi connectivity index (χ0) is 23.4. The minimum absolute atomic E-state index is 0.0997. The Balaban J connectivity index is 1.64. The molecule has 0 unspecified atom stereocenters. The third kappa shape index (κ3) is 4.91. The molecule has 4 aromatic rings. The lowest BCUT2D eigenvalue weighted by molar-refractivity contribution is 0.0701. The van der Waals surface area contributed by atoms with Crippen molar-refractivity contribution < 1.29 is 14.7 Å². The van der Waals surface area contributed by atoms with Gasteiger partial charge in [-0.15, -0.1) is 5.10 Å². The van der Waals surface area contributed by atoms with Gasteiger partial charge in [0.1, 0.15) is 0 Å². The highest BCUT2D eigenvalue weighted by Crippen LogP contribution is 2.34. The van der Waals surface area contributed by atoms with Crippen LogP contribution in [0.3, 0.4) is 0 Å². The second-order valence-corrected chi connectivity index (χ2v) is 8.48. The molecular weight excluding hydrogens is 436 g/mol. The minimum atomic E-state index is -0.723. The first kappa shape index (κ1) is 22.2. The Morgan fingerprint density at radius 3 is 1.76 bits per heavy atom. The molecule has 0 aliphatic carbocycles. The highest BCUT2D eigenvalue weighted by molar-refractivity contribution is 7.05. The van der Waals surface area contributed by atoms with Crippen molar-refractivity contribution >= 4 is 40.5 Å². The zero-order valence-electron chi connectivity index (χ0n) is 18.4. The number of anilines is 3. The Hall–Kier alpha value is -4.04. The summed E-state index contributed by atoms with van der Waals surface area (Å²) in [6, 6.07) is 23.8. The summed E-state index contributed by atoms with van der Waals surface area (Å²) in [5.74, 6) is -0.935. The van der Waals surface area contributed by atoms with Gasteiger partial charge >= 0.3 is 5.97 Å². The largest absolute Gasteiger partial charge is 0.408 e. The fourth-order valence-corrected chi connectivity index (χ4v) is 3.74. The highest BCUT2D eigenvalue weighted by Gasteiger charge is 2.20. The van der Waals surface area contributed by atoms with Gasteiger partial charge in [-0.2, -0.15) is 0 Å². The van der Waals surface area contributed by atoms with Crippen molar-refractivity contribution in [2.24, 2.45) is 5.16 Å². The van der Waals surface area contributed by atoms with Gasteiger partial charge in [-0.05, 0) is 86.0 Å². The predicted molar refractivity (Wildman–Crippen MR) is 129 cm³/mol. The summed E-state index contributed by atoms with van der Waals surface area (Å²) in [5.41, 5.74) is 5.81. The molecule has 0 atom stereocenters. The highest BCUT2D eigenvalue weighted by atomic mass is 32.1. The first-order chi connectivity index (χ1) is 16.0. The van der Waals surface area contributed by atoms with Crippen LogP contribution in [0.4, 0.5) is 17.1 Å². The van der Waals surface area contributed by atoms with Crippen molar-refractivity contribution in [1.29, 1.82) is 0 Å². The number of hydrogen-bond donors (Lipinski definition) is 1. The first-order valence-electron chi connectivity index (χ1n) is 10.2. The molecule has 0 radical (unpaired) electrons. The van der Waals surface area contributed by atoms with Crippen LogP contribution in [-0.4, -0.2) is 26.7 Å². The molecule has 0 amide bonds. The van der Waals surface area contributed by atoms with Crippen LogP contribution >= 0.6 is 11.5 Å². The molecular formula is C25H22N4O3S. The zero-order valence-corrected chi connectivity index (χ0v) is 19.2. The molecule has 1 heterocycles. The molecule has 7 nitrogen and oxygen atoms in total. The van der Waals surface area contributed by atoms with Gasteiger partial charge in [-0.1, -0.05) is 39.9 Å². The molecule has 1 N–H and O–H groups in total. The lowest BCUT2D eigenvalue weighted by Gasteiger charge is -2.26. The number of aryl methyl sites for hydroxylation is 3. The van der Waals surface area contributed by atoms with E-state index in [0.717, 1.165) is 28.6 Å². The van der Waals surface area contributed by atoms with E-state index in [9.17, 15) is 10.0 Å². The average molecular weight is 459 g/mol. The predicted octanol–water partition coefficient (Wildman–Crippen LogP) is 5.93. The first-order valence-corrected chi connectivity index (χ1v) is 11.0. The number of rotatable bonds is 5. The summed E-state index contributed by atoms with van der Waals surface area (Å²) in [4.78, 5) is 15.1. The van der Waals surface area contributed by atoms with E-state index in [1.54, 1.807) is 19.1 Å². The van der Waals surface area contributed by atoms with Gasteiger partial charge in [-0.3, -0.25) is 0 Å². The summed E-state index contributed by atoms with van der Waals surface area (Å²) < 4.78 is 8.99. The summed E-state index contributed by atoms with van der Waals surface area (Å²) in [5, 5.41) is 16.4. The summed E-state index contributed by atoms with van der Waals surface area (Å²) in [6.07, 6.45) is 0. The maximum absolute atomic E-state index is 12.4. The molecule has 4 rings (SSSR count). The number of hydrogen-bond acceptors (Lipinski definition) is 8. The quantitative estimate of drug-likeness (QED) is 0.131. The van der Waals surface area contributed by atoms with E-state index in [-0.39, 0.29) is 11.6 Å². The van der Waals surface area contributed by atoms with Gasteiger partial charge in [0.2, 0.25) is 0 Å². The SMILES string of the molecule is Cc1ccc(N(c2ccc(C)cc2)c2ccc(C(=NO)OC(=O)c3nnsc3C)cc2)cc1. The monoisotopic (exact) mass is 458 g/mol. The van der Waals surface area contributed by atoms with Crippen molar-refractivity contribution in [2.45, 2.75) is 20.8 Å². The molecule has 33 heavy (non-hydrogen) atoms. The Bertz CT molecular complexity index is 1240. The molecule has 3 aromatic carbocycles.